The molecular weight excluding hydrogens is 843 g/mol. The van der Waals surface area contributed by atoms with Gasteiger partial charge in [-0.2, -0.15) is 0 Å². The smallest absolute Gasteiger partial charge is 0.274 e. The van der Waals surface area contributed by atoms with E-state index < -0.39 is 84.6 Å². The number of carbonyl (C=O) groups is 3. The first-order valence-corrected chi connectivity index (χ1v) is 22.5. The third-order valence-electron chi connectivity index (χ3n) is 7.92. The van der Waals surface area contributed by atoms with Crippen molar-refractivity contribution in [2.45, 2.75) is 83.5 Å². The molecule has 7 atom stereocenters. The maximum absolute atomic E-state index is 12.5. The minimum atomic E-state index is -5.91. The summed E-state index contributed by atoms with van der Waals surface area (Å²) in [7, 11) is -17.6. The van der Waals surface area contributed by atoms with E-state index in [0.717, 1.165) is 48.2 Å². The fraction of sp³-hybridized carbons (Fsp3) is 0.655. The number of aliphatic hydroxyl groups is 2. The highest BCUT2D eigenvalue weighted by molar-refractivity contribution is 8.13. The molecule has 322 valence electrons. The van der Waals surface area contributed by atoms with Gasteiger partial charge in [-0.05, 0) is 6.42 Å². The van der Waals surface area contributed by atoms with E-state index in [9.17, 15) is 57.9 Å². The molecule has 0 radical (unpaired) electrons. The first kappa shape index (κ1) is 48.7. The molecular formula is C29H44N7O17P3S-4. The van der Waals surface area contributed by atoms with E-state index >= 15 is 0 Å². The van der Waals surface area contributed by atoms with Gasteiger partial charge >= 0.3 is 0 Å². The van der Waals surface area contributed by atoms with Crippen molar-refractivity contribution in [3.8, 4) is 0 Å². The lowest BCUT2D eigenvalue weighted by Gasteiger charge is -2.36. The van der Waals surface area contributed by atoms with Crippen molar-refractivity contribution in [1.82, 2.24) is 30.2 Å². The second-order valence-electron chi connectivity index (χ2n) is 13.0. The molecule has 1 aliphatic rings. The number of rotatable bonds is 24. The Morgan fingerprint density at radius 3 is 2.47 bits per heavy atom. The van der Waals surface area contributed by atoms with Crippen LogP contribution in [-0.4, -0.2) is 103 Å². The SMILES string of the molecule is CCCC/C=C\CC(=O)SCCNC(=O)CCNC(=O)[C@H](O)C(C)(C)COP(=O)([O-])OP(=O)([O-])OC[C@H]1O[C@@H](n2cnc3c(N)ncnc32)[C@H](O)[C@@H]1OP(=O)([O-])[O-]. The number of aliphatic hydroxyl groups excluding tert-OH is 2. The van der Waals surface area contributed by atoms with Crippen LogP contribution in [0.4, 0.5) is 5.82 Å². The van der Waals surface area contributed by atoms with Gasteiger partial charge in [0, 0.05) is 37.1 Å². The number of nitrogens with two attached hydrogens (primary N) is 1. The number of hydrogen-bond acceptors (Lipinski definition) is 22. The zero-order chi connectivity index (χ0) is 42.6. The van der Waals surface area contributed by atoms with Crippen molar-refractivity contribution in [2.75, 3.05) is 37.8 Å². The third kappa shape index (κ3) is 15.8. The predicted molar refractivity (Wildman–Crippen MR) is 192 cm³/mol. The molecule has 6 N–H and O–H groups in total. The summed E-state index contributed by atoms with van der Waals surface area (Å²) in [6.45, 7) is 2.19. The molecule has 28 heteroatoms. The molecule has 1 fully saturated rings. The number of aromatic nitrogens is 4. The standard InChI is InChI=1S/C29H48N7O17P3S/c1-4-5-6-7-8-9-20(38)57-13-12-31-19(37)10-11-32-27(41)24(40)29(2,3)15-50-56(47,48)53-55(45,46)49-14-18-23(52-54(42,43)44)22(39)28(51-18)36-17-35-21-25(30)33-16-34-26(21)36/h7-8,16-18,22-24,28,39-40H,4-6,9-15H2,1-3H3,(H,31,37)(H,32,41)(H,45,46)(H,47,48)(H2,30,33,34)(H2,42,43,44)/p-4/b8-7-/t18-,22-,23-,24+,28-/m1/s1. The Kier molecular flexibility index (Phi) is 18.4. The van der Waals surface area contributed by atoms with E-state index in [1.165, 1.54) is 13.8 Å². The Morgan fingerprint density at radius 2 is 1.79 bits per heavy atom. The molecule has 0 aliphatic carbocycles. The lowest BCUT2D eigenvalue weighted by Crippen LogP contribution is -2.46. The van der Waals surface area contributed by atoms with Crippen LogP contribution >= 0.6 is 35.2 Å². The van der Waals surface area contributed by atoms with Gasteiger partial charge in [0.25, 0.3) is 15.6 Å². The minimum Gasteiger partial charge on any atom is -0.790 e. The zero-order valence-corrected chi connectivity index (χ0v) is 34.4. The van der Waals surface area contributed by atoms with Crippen molar-refractivity contribution in [3.63, 3.8) is 0 Å². The second-order valence-corrected chi connectivity index (χ2v) is 18.2. The number of nitrogen functional groups attached to an aromatic ring is 1. The average Bonchev–Trinajstić information content (AvgIpc) is 3.68. The number of ether oxygens (including phenoxy) is 1. The molecule has 2 unspecified atom stereocenters. The van der Waals surface area contributed by atoms with Gasteiger partial charge in [0.1, 0.15) is 36.3 Å². The molecule has 2 amide bonds. The Balaban J connectivity index is 1.46. The van der Waals surface area contributed by atoms with Gasteiger partial charge in [-0.1, -0.05) is 57.5 Å². The van der Waals surface area contributed by atoms with Gasteiger partial charge in [-0.3, -0.25) is 28.1 Å². The molecule has 1 aliphatic heterocycles. The number of phosphoric acid groups is 3. The van der Waals surface area contributed by atoms with Gasteiger partial charge in [0.15, 0.2) is 22.8 Å². The monoisotopic (exact) mass is 887 g/mol. The van der Waals surface area contributed by atoms with Crippen LogP contribution in [0.3, 0.4) is 0 Å². The molecule has 0 aromatic carbocycles. The van der Waals surface area contributed by atoms with Crippen LogP contribution in [0, 0.1) is 5.41 Å². The van der Waals surface area contributed by atoms with Gasteiger partial charge < -0.3 is 69.0 Å². The molecule has 2 aromatic rings. The van der Waals surface area contributed by atoms with E-state index in [1.54, 1.807) is 0 Å². The summed E-state index contributed by atoms with van der Waals surface area (Å²) in [6, 6.07) is 0. The van der Waals surface area contributed by atoms with Crippen LogP contribution in [0.5, 0.6) is 0 Å². The summed E-state index contributed by atoms with van der Waals surface area (Å²) in [5.74, 6) is -1.20. The van der Waals surface area contributed by atoms with E-state index in [-0.39, 0.29) is 48.0 Å². The summed E-state index contributed by atoms with van der Waals surface area (Å²) < 4.78 is 60.5. The topological polar surface area (TPSA) is 375 Å². The van der Waals surface area contributed by atoms with Crippen LogP contribution in [0.25, 0.3) is 11.2 Å². The number of fused-ring (bicyclic) bond motifs is 1. The maximum atomic E-state index is 12.5. The molecule has 24 nitrogen and oxygen atoms in total. The van der Waals surface area contributed by atoms with Crippen molar-refractivity contribution in [1.29, 1.82) is 0 Å². The quantitative estimate of drug-likeness (QED) is 0.0444. The summed E-state index contributed by atoms with van der Waals surface area (Å²) in [6.07, 6.45) is -0.514. The number of imidazole rings is 1. The summed E-state index contributed by atoms with van der Waals surface area (Å²) in [5, 5.41) is 26.2. The van der Waals surface area contributed by atoms with Crippen molar-refractivity contribution in [3.05, 3.63) is 24.8 Å². The van der Waals surface area contributed by atoms with Crippen LogP contribution in [0.15, 0.2) is 24.8 Å². The predicted octanol–water partition coefficient (Wildman–Crippen LogP) is -1.73. The highest BCUT2D eigenvalue weighted by Gasteiger charge is 2.47. The number of nitrogens with zero attached hydrogens (tertiary/aromatic N) is 4. The fourth-order valence-electron chi connectivity index (χ4n) is 4.95. The normalized spacial score (nSPS) is 21.6. The maximum Gasteiger partial charge on any atom is 0.274 e. The summed E-state index contributed by atoms with van der Waals surface area (Å²) in [4.78, 5) is 96.0. The zero-order valence-electron chi connectivity index (χ0n) is 30.9. The Hall–Kier alpha value is -2.70. The third-order valence-corrected chi connectivity index (χ3v) is 11.8. The minimum absolute atomic E-state index is 0.0208. The number of allylic oxidation sites excluding steroid dienone is 2. The van der Waals surface area contributed by atoms with Crippen molar-refractivity contribution >= 4 is 69.1 Å². The largest absolute Gasteiger partial charge is 0.790 e. The number of thioether (sulfide) groups is 1. The lowest BCUT2D eigenvalue weighted by molar-refractivity contribution is -0.347. The summed E-state index contributed by atoms with van der Waals surface area (Å²) in [5.41, 5.74) is 4.07. The van der Waals surface area contributed by atoms with Crippen molar-refractivity contribution < 1.29 is 80.5 Å². The van der Waals surface area contributed by atoms with Gasteiger partial charge in [-0.15, -0.1) is 0 Å². The molecule has 1 saturated heterocycles. The van der Waals surface area contributed by atoms with Gasteiger partial charge in [0.05, 0.1) is 27.4 Å². The van der Waals surface area contributed by atoms with Crippen LogP contribution in [-0.2, 0) is 50.7 Å². The first-order chi connectivity index (χ1) is 26.6. The number of anilines is 1. The molecule has 0 bridgehead atoms. The van der Waals surface area contributed by atoms with E-state index in [0.29, 0.717) is 5.75 Å². The van der Waals surface area contributed by atoms with Crippen LogP contribution in [0.2, 0.25) is 0 Å². The van der Waals surface area contributed by atoms with Crippen LogP contribution in [0.1, 0.15) is 59.1 Å². The Labute approximate surface area is 330 Å². The Bertz CT molecular complexity index is 1860. The average molecular weight is 888 g/mol. The summed E-state index contributed by atoms with van der Waals surface area (Å²) >= 11 is 1.07. The molecule has 3 rings (SSSR count). The first-order valence-electron chi connectivity index (χ1n) is 17.2. The second kappa shape index (κ2) is 21.5. The fourth-order valence-corrected chi connectivity index (χ4v) is 8.33. The number of carbonyl (C=O) groups excluding carboxylic acids is 3. The number of nitrogens with one attached hydrogen (secondary N) is 2. The number of hydrogen-bond donors (Lipinski definition) is 5. The van der Waals surface area contributed by atoms with Gasteiger partial charge in [-0.25, -0.2) is 19.3 Å². The molecule has 0 saturated carbocycles. The Morgan fingerprint density at radius 1 is 1.09 bits per heavy atom. The molecule has 2 aromatic heterocycles. The highest BCUT2D eigenvalue weighted by atomic mass is 32.2. The molecule has 0 spiro atoms. The van der Waals surface area contributed by atoms with E-state index in [4.69, 9.17) is 10.5 Å². The van der Waals surface area contributed by atoms with Gasteiger partial charge in [0.2, 0.25) is 11.8 Å². The molecule has 3 heterocycles. The van der Waals surface area contributed by atoms with E-state index in [2.05, 4.69) is 50.4 Å². The van der Waals surface area contributed by atoms with Crippen molar-refractivity contribution in [2.24, 2.45) is 5.41 Å². The number of amides is 2. The van der Waals surface area contributed by atoms with Crippen LogP contribution < -0.4 is 35.9 Å². The number of phosphoric ester groups is 3. The number of unbranched alkanes of at least 4 members (excludes halogenated alkanes) is 2. The van der Waals surface area contributed by atoms with E-state index in [1.807, 2.05) is 12.2 Å². The highest BCUT2D eigenvalue weighted by Crippen LogP contribution is 2.56. The lowest BCUT2D eigenvalue weighted by atomic mass is 9.87. The molecule has 57 heavy (non-hydrogen) atoms.